The van der Waals surface area contributed by atoms with Crippen LogP contribution in [0.5, 0.6) is 0 Å². The van der Waals surface area contributed by atoms with E-state index in [1.54, 1.807) is 0 Å². The second-order valence-electron chi connectivity index (χ2n) is 7.39. The molecule has 0 saturated carbocycles. The molecule has 0 bridgehead atoms. The molecular weight excluding hydrogens is 514 g/mol. The molecule has 0 radical (unpaired) electrons. The summed E-state index contributed by atoms with van der Waals surface area (Å²) >= 11 is 2.90. The normalized spacial score (nSPS) is 11.6. The number of alkyl halides is 6. The lowest BCUT2D eigenvalue weighted by molar-refractivity contribution is -0.138. The topological polar surface area (TPSA) is 0 Å². The molecule has 0 atom stereocenters. The Morgan fingerprint density at radius 3 is 1.17 bits per heavy atom. The minimum absolute atomic E-state index is 0.497. The fraction of sp³-hybridized carbons (Fsp3) is 0.0714. The third-order valence-corrected chi connectivity index (χ3v) is 6.68. The lowest BCUT2D eigenvalue weighted by atomic mass is 10.1. The average Bonchev–Trinajstić information content (AvgIpc) is 3.49. The molecule has 180 valence electrons. The van der Waals surface area contributed by atoms with Crippen molar-refractivity contribution < 1.29 is 26.3 Å². The largest absolute Gasteiger partial charge is 0.416 e. The van der Waals surface area contributed by atoms with Crippen LogP contribution in [0.15, 0.2) is 72.8 Å². The monoisotopic (exact) mass is 528 g/mol. The molecule has 2 aromatic carbocycles. The van der Waals surface area contributed by atoms with E-state index in [0.29, 0.717) is 11.1 Å². The highest BCUT2D eigenvalue weighted by molar-refractivity contribution is 7.14. The summed E-state index contributed by atoms with van der Waals surface area (Å²) in [6.45, 7) is 0. The van der Waals surface area contributed by atoms with Gasteiger partial charge in [-0.25, -0.2) is 0 Å². The van der Waals surface area contributed by atoms with Crippen LogP contribution in [0, 0.1) is 23.7 Å². The van der Waals surface area contributed by atoms with E-state index in [-0.39, 0.29) is 0 Å². The number of benzene rings is 2. The molecule has 4 aromatic rings. The van der Waals surface area contributed by atoms with Gasteiger partial charge in [0.05, 0.1) is 20.9 Å². The minimum atomic E-state index is -4.37. The van der Waals surface area contributed by atoms with Gasteiger partial charge in [-0.3, -0.25) is 0 Å². The molecule has 36 heavy (non-hydrogen) atoms. The smallest absolute Gasteiger partial charge is 0.166 e. The van der Waals surface area contributed by atoms with Crippen LogP contribution in [0.4, 0.5) is 26.3 Å². The Bertz CT molecular complexity index is 1380. The van der Waals surface area contributed by atoms with Crippen molar-refractivity contribution in [1.29, 1.82) is 0 Å². The van der Waals surface area contributed by atoms with Gasteiger partial charge < -0.3 is 0 Å². The van der Waals surface area contributed by atoms with Crippen molar-refractivity contribution in [2.24, 2.45) is 0 Å². The fourth-order valence-corrected chi connectivity index (χ4v) is 4.46. The van der Waals surface area contributed by atoms with Gasteiger partial charge in [-0.2, -0.15) is 26.3 Å². The molecular formula is C28H14F6S2. The van der Waals surface area contributed by atoms with Crippen molar-refractivity contribution in [1.82, 2.24) is 0 Å². The number of hydrogen-bond acceptors (Lipinski definition) is 2. The third-order valence-electron chi connectivity index (χ3n) is 4.75. The highest BCUT2D eigenvalue weighted by atomic mass is 32.1. The van der Waals surface area contributed by atoms with Gasteiger partial charge in [0.25, 0.3) is 0 Å². The highest BCUT2D eigenvalue weighted by Gasteiger charge is 2.30. The summed E-state index contributed by atoms with van der Waals surface area (Å²) in [5.74, 6) is 11.7. The summed E-state index contributed by atoms with van der Waals surface area (Å²) in [6, 6.07) is 16.9. The van der Waals surface area contributed by atoms with Crippen molar-refractivity contribution in [3.8, 4) is 23.7 Å². The maximum atomic E-state index is 12.6. The van der Waals surface area contributed by atoms with Crippen molar-refractivity contribution >= 4 is 34.8 Å². The van der Waals surface area contributed by atoms with Crippen LogP contribution in [0.2, 0.25) is 0 Å². The lowest BCUT2D eigenvalue weighted by Crippen LogP contribution is -2.04. The molecule has 4 rings (SSSR count). The average molecular weight is 529 g/mol. The second-order valence-corrected chi connectivity index (χ2v) is 9.62. The molecule has 0 spiro atoms. The lowest BCUT2D eigenvalue weighted by Gasteiger charge is -2.05. The van der Waals surface area contributed by atoms with Crippen LogP contribution in [0.1, 0.15) is 41.8 Å². The molecule has 8 heteroatoms. The van der Waals surface area contributed by atoms with E-state index in [1.165, 1.54) is 46.9 Å². The van der Waals surface area contributed by atoms with Gasteiger partial charge in [0.15, 0.2) is 0 Å². The summed E-state index contributed by atoms with van der Waals surface area (Å²) in [7, 11) is 0. The Morgan fingerprint density at radius 2 is 0.833 bits per heavy atom. The Hall–Kier alpha value is -3.72. The predicted molar refractivity (Wildman–Crippen MR) is 132 cm³/mol. The van der Waals surface area contributed by atoms with Crippen LogP contribution in [0.3, 0.4) is 0 Å². The minimum Gasteiger partial charge on any atom is -0.166 e. The van der Waals surface area contributed by atoms with Crippen molar-refractivity contribution in [2.45, 2.75) is 12.4 Å². The third kappa shape index (κ3) is 6.91. The molecule has 0 amide bonds. The maximum absolute atomic E-state index is 12.6. The molecule has 0 N–H and O–H groups in total. The molecule has 0 saturated heterocycles. The summed E-state index contributed by atoms with van der Waals surface area (Å²) in [6.07, 6.45) is -4.90. The summed E-state index contributed by atoms with van der Waals surface area (Å²) in [4.78, 5) is 3.47. The van der Waals surface area contributed by atoms with Gasteiger partial charge in [0, 0.05) is 20.9 Å². The maximum Gasteiger partial charge on any atom is 0.416 e. The standard InChI is InChI=1S/C28H14F6S2/c29-27(30,31)21-7-1-19(2-8-21)5-11-23-13-15-25(35-23)17-18-26-16-14-24(36-26)12-6-20-3-9-22(10-4-20)28(32,33)34/h1-4,7-10,13-18H/b18-17+. The van der Waals surface area contributed by atoms with Gasteiger partial charge in [0.2, 0.25) is 0 Å². The molecule has 0 nitrogen and oxygen atoms in total. The van der Waals surface area contributed by atoms with Gasteiger partial charge in [-0.15, -0.1) is 22.7 Å². The van der Waals surface area contributed by atoms with E-state index in [4.69, 9.17) is 0 Å². The van der Waals surface area contributed by atoms with Crippen LogP contribution < -0.4 is 0 Å². The van der Waals surface area contributed by atoms with Gasteiger partial charge >= 0.3 is 12.4 Å². The Morgan fingerprint density at radius 1 is 0.472 bits per heavy atom. The van der Waals surface area contributed by atoms with Gasteiger partial charge in [-0.1, -0.05) is 23.7 Å². The zero-order chi connectivity index (χ0) is 25.8. The zero-order valence-electron chi connectivity index (χ0n) is 18.2. The molecule has 0 aliphatic carbocycles. The van der Waals surface area contributed by atoms with Crippen LogP contribution in [-0.4, -0.2) is 0 Å². The Kier molecular flexibility index (Phi) is 7.40. The molecule has 2 aromatic heterocycles. The molecule has 0 fully saturated rings. The Labute approximate surface area is 211 Å². The van der Waals surface area contributed by atoms with Gasteiger partial charge in [0.1, 0.15) is 0 Å². The van der Waals surface area contributed by atoms with E-state index in [0.717, 1.165) is 43.8 Å². The van der Waals surface area contributed by atoms with E-state index < -0.39 is 23.5 Å². The summed E-state index contributed by atoms with van der Waals surface area (Å²) < 4.78 is 75.9. The van der Waals surface area contributed by atoms with Crippen molar-refractivity contribution in [2.75, 3.05) is 0 Å². The number of hydrogen-bond donors (Lipinski definition) is 0. The zero-order valence-corrected chi connectivity index (χ0v) is 19.8. The summed E-state index contributed by atoms with van der Waals surface area (Å²) in [5, 5.41) is 0. The number of rotatable bonds is 2. The quantitative estimate of drug-likeness (QED) is 0.180. The first kappa shape index (κ1) is 25.4. The summed E-state index contributed by atoms with van der Waals surface area (Å²) in [5.41, 5.74) is -0.424. The van der Waals surface area contributed by atoms with E-state index >= 15 is 0 Å². The van der Waals surface area contributed by atoms with Gasteiger partial charge in [-0.05, 0) is 84.9 Å². The van der Waals surface area contributed by atoms with Crippen LogP contribution in [-0.2, 0) is 12.4 Å². The van der Waals surface area contributed by atoms with E-state index in [9.17, 15) is 26.3 Å². The first-order chi connectivity index (χ1) is 17.1. The van der Waals surface area contributed by atoms with E-state index in [1.807, 2.05) is 36.4 Å². The molecule has 0 aliphatic rings. The van der Waals surface area contributed by atoms with Crippen molar-refractivity contribution in [3.05, 3.63) is 115 Å². The second kappa shape index (κ2) is 10.5. The molecule has 0 aliphatic heterocycles. The first-order valence-corrected chi connectivity index (χ1v) is 12.0. The Balaban J connectivity index is 1.38. The number of halogens is 6. The molecule has 0 unspecified atom stereocenters. The van der Waals surface area contributed by atoms with Crippen LogP contribution in [0.25, 0.3) is 12.2 Å². The fourth-order valence-electron chi connectivity index (χ4n) is 2.94. The van der Waals surface area contributed by atoms with Crippen LogP contribution >= 0.6 is 22.7 Å². The predicted octanol–water partition coefficient (Wildman–Crippen LogP) is 8.82. The molecule has 2 heterocycles. The van der Waals surface area contributed by atoms with Crippen molar-refractivity contribution in [3.63, 3.8) is 0 Å². The number of thiophene rings is 2. The SMILES string of the molecule is FC(F)(F)c1ccc(C#Cc2ccc(/C=C/c3ccc(C#Cc4ccc(C(F)(F)F)cc4)s3)s2)cc1. The first-order valence-electron chi connectivity index (χ1n) is 10.3. The van der Waals surface area contributed by atoms with E-state index in [2.05, 4.69) is 23.7 Å². The highest BCUT2D eigenvalue weighted by Crippen LogP contribution is 2.30.